The summed E-state index contributed by atoms with van der Waals surface area (Å²) in [5.74, 6) is -0.784. The molecule has 184 valence electrons. The summed E-state index contributed by atoms with van der Waals surface area (Å²) < 4.78 is 19.1. The molecule has 7 nitrogen and oxygen atoms in total. The fraction of sp³-hybridized carbons (Fsp3) is 0.440. The quantitative estimate of drug-likeness (QED) is 0.579. The normalized spacial score (nSPS) is 18.8. The van der Waals surface area contributed by atoms with E-state index in [1.54, 1.807) is 42.3 Å². The minimum Gasteiger partial charge on any atom is -0.483 e. The molecule has 2 aromatic rings. The SMILES string of the molecule is CC1CN(C(=O)COc2ccc(Cl)cc2CN(C)CC(=O)O)C(C)CN1Cc1ccc(F)cc1. The fourth-order valence-corrected chi connectivity index (χ4v) is 4.40. The van der Waals surface area contributed by atoms with Crippen molar-refractivity contribution in [3.63, 3.8) is 0 Å². The average molecular weight is 492 g/mol. The fourth-order valence-electron chi connectivity index (χ4n) is 4.20. The van der Waals surface area contributed by atoms with Gasteiger partial charge in [-0.25, -0.2) is 4.39 Å². The van der Waals surface area contributed by atoms with Crippen molar-refractivity contribution in [2.45, 2.75) is 39.0 Å². The van der Waals surface area contributed by atoms with Crippen LogP contribution in [-0.4, -0.2) is 77.1 Å². The first-order chi connectivity index (χ1) is 16.1. The van der Waals surface area contributed by atoms with Crippen LogP contribution in [0, 0.1) is 5.82 Å². The molecule has 0 bridgehead atoms. The molecule has 1 heterocycles. The molecular weight excluding hydrogens is 461 g/mol. The molecular formula is C25H31ClFN3O4. The van der Waals surface area contributed by atoms with Crippen molar-refractivity contribution in [3.8, 4) is 5.75 Å². The van der Waals surface area contributed by atoms with Gasteiger partial charge in [-0.15, -0.1) is 0 Å². The zero-order chi connectivity index (χ0) is 24.8. The van der Waals surface area contributed by atoms with E-state index in [0.29, 0.717) is 37.0 Å². The lowest BCUT2D eigenvalue weighted by Crippen LogP contribution is -2.58. The molecule has 3 rings (SSSR count). The smallest absolute Gasteiger partial charge is 0.317 e. The Kier molecular flexibility index (Phi) is 8.88. The van der Waals surface area contributed by atoms with Crippen molar-refractivity contribution in [1.82, 2.24) is 14.7 Å². The number of benzene rings is 2. The second-order valence-electron chi connectivity index (χ2n) is 8.91. The van der Waals surface area contributed by atoms with Gasteiger partial charge in [0.2, 0.25) is 0 Å². The van der Waals surface area contributed by atoms with Gasteiger partial charge in [-0.3, -0.25) is 19.4 Å². The maximum absolute atomic E-state index is 13.2. The summed E-state index contributed by atoms with van der Waals surface area (Å²) >= 11 is 6.12. The predicted octanol–water partition coefficient (Wildman–Crippen LogP) is 3.50. The Morgan fingerprint density at radius 3 is 2.53 bits per heavy atom. The van der Waals surface area contributed by atoms with Crippen LogP contribution in [-0.2, 0) is 22.7 Å². The van der Waals surface area contributed by atoms with Gasteiger partial charge in [-0.1, -0.05) is 23.7 Å². The highest BCUT2D eigenvalue weighted by Gasteiger charge is 2.32. The summed E-state index contributed by atoms with van der Waals surface area (Å²) in [6.07, 6.45) is 0. The molecule has 1 aliphatic rings. The van der Waals surface area contributed by atoms with Crippen LogP contribution in [0.5, 0.6) is 5.75 Å². The Hall–Kier alpha value is -2.68. The monoisotopic (exact) mass is 491 g/mol. The highest BCUT2D eigenvalue weighted by Crippen LogP contribution is 2.25. The lowest BCUT2D eigenvalue weighted by atomic mass is 10.1. The Morgan fingerprint density at radius 2 is 1.85 bits per heavy atom. The number of likely N-dealkylation sites (N-methyl/N-ethyl adjacent to an activating group) is 1. The molecule has 9 heteroatoms. The van der Waals surface area contributed by atoms with Gasteiger partial charge in [0.25, 0.3) is 5.91 Å². The predicted molar refractivity (Wildman–Crippen MR) is 128 cm³/mol. The third kappa shape index (κ3) is 7.16. The Bertz CT molecular complexity index is 1000. The third-order valence-corrected chi connectivity index (χ3v) is 6.19. The Balaban J connectivity index is 1.59. The number of hydrogen-bond donors (Lipinski definition) is 1. The van der Waals surface area contributed by atoms with Crippen LogP contribution < -0.4 is 4.74 Å². The van der Waals surface area contributed by atoms with E-state index >= 15 is 0 Å². The van der Waals surface area contributed by atoms with Crippen LogP contribution in [0.25, 0.3) is 0 Å². The number of amides is 1. The van der Waals surface area contributed by atoms with Gasteiger partial charge in [0.05, 0.1) is 6.54 Å². The number of rotatable bonds is 9. The van der Waals surface area contributed by atoms with Gasteiger partial charge in [0.1, 0.15) is 11.6 Å². The first-order valence-corrected chi connectivity index (χ1v) is 11.6. The molecule has 34 heavy (non-hydrogen) atoms. The third-order valence-electron chi connectivity index (χ3n) is 5.95. The van der Waals surface area contributed by atoms with Crippen molar-refractivity contribution < 1.29 is 23.8 Å². The Morgan fingerprint density at radius 1 is 1.15 bits per heavy atom. The number of piperazine rings is 1. The van der Waals surface area contributed by atoms with Gasteiger partial charge < -0.3 is 14.7 Å². The molecule has 0 saturated carbocycles. The van der Waals surface area contributed by atoms with E-state index < -0.39 is 5.97 Å². The van der Waals surface area contributed by atoms with Gasteiger partial charge in [0, 0.05) is 48.8 Å². The first-order valence-electron chi connectivity index (χ1n) is 11.2. The Labute approximate surface area is 204 Å². The molecule has 2 unspecified atom stereocenters. The molecule has 2 aromatic carbocycles. The van der Waals surface area contributed by atoms with Crippen LogP contribution in [0.4, 0.5) is 4.39 Å². The van der Waals surface area contributed by atoms with Crippen molar-refractivity contribution in [1.29, 1.82) is 0 Å². The van der Waals surface area contributed by atoms with Crippen LogP contribution in [0.3, 0.4) is 0 Å². The average Bonchev–Trinajstić information content (AvgIpc) is 2.76. The molecule has 0 radical (unpaired) electrons. The minimum atomic E-state index is -0.927. The van der Waals surface area contributed by atoms with Crippen molar-refractivity contribution in [2.24, 2.45) is 0 Å². The maximum Gasteiger partial charge on any atom is 0.317 e. The van der Waals surface area contributed by atoms with Gasteiger partial charge in [-0.05, 0) is 56.8 Å². The van der Waals surface area contributed by atoms with Crippen molar-refractivity contribution >= 4 is 23.5 Å². The number of carboxylic acid groups (broad SMARTS) is 1. The number of carboxylic acids is 1. The van der Waals surface area contributed by atoms with E-state index in [-0.39, 0.29) is 37.0 Å². The standard InChI is InChI=1S/C25H31ClFN3O4/c1-17-12-30(18(2)11-29(17)13-19-4-7-22(27)8-5-19)24(31)16-34-23-9-6-21(26)10-20(23)14-28(3)15-25(32)33/h4-10,17-18H,11-16H2,1-3H3,(H,32,33). The lowest BCUT2D eigenvalue weighted by molar-refractivity contribution is -0.139. The second kappa shape index (κ2) is 11.6. The molecule has 2 atom stereocenters. The van der Waals surface area contributed by atoms with E-state index in [2.05, 4.69) is 11.8 Å². The topological polar surface area (TPSA) is 73.3 Å². The van der Waals surface area contributed by atoms with E-state index in [0.717, 1.165) is 11.1 Å². The zero-order valence-corrected chi connectivity index (χ0v) is 20.5. The van der Waals surface area contributed by atoms with Crippen molar-refractivity contribution in [3.05, 3.63) is 64.4 Å². The molecule has 1 aliphatic heterocycles. The number of carbonyl (C=O) groups is 2. The highest BCUT2D eigenvalue weighted by molar-refractivity contribution is 6.30. The summed E-state index contributed by atoms with van der Waals surface area (Å²) in [5.41, 5.74) is 1.75. The molecule has 0 aromatic heterocycles. The van der Waals surface area contributed by atoms with E-state index in [1.807, 2.05) is 11.8 Å². The van der Waals surface area contributed by atoms with E-state index in [1.165, 1.54) is 12.1 Å². The minimum absolute atomic E-state index is 0.000800. The second-order valence-corrected chi connectivity index (χ2v) is 9.34. The number of carbonyl (C=O) groups excluding carboxylic acids is 1. The van der Waals surface area contributed by atoms with Gasteiger partial charge in [0.15, 0.2) is 6.61 Å². The molecule has 1 N–H and O–H groups in total. The van der Waals surface area contributed by atoms with Crippen LogP contribution in [0.1, 0.15) is 25.0 Å². The van der Waals surface area contributed by atoms with E-state index in [9.17, 15) is 14.0 Å². The summed E-state index contributed by atoms with van der Waals surface area (Å²) in [6.45, 7) is 6.14. The van der Waals surface area contributed by atoms with Gasteiger partial charge >= 0.3 is 5.97 Å². The van der Waals surface area contributed by atoms with Crippen LogP contribution in [0.2, 0.25) is 5.02 Å². The number of hydrogen-bond acceptors (Lipinski definition) is 5. The zero-order valence-electron chi connectivity index (χ0n) is 19.7. The maximum atomic E-state index is 13.2. The summed E-state index contributed by atoms with van der Waals surface area (Å²) in [5, 5.41) is 9.51. The number of halogens is 2. The summed E-state index contributed by atoms with van der Waals surface area (Å²) in [7, 11) is 1.69. The van der Waals surface area contributed by atoms with Crippen LogP contribution >= 0.6 is 11.6 Å². The van der Waals surface area contributed by atoms with Crippen LogP contribution in [0.15, 0.2) is 42.5 Å². The summed E-state index contributed by atoms with van der Waals surface area (Å²) in [6, 6.07) is 11.7. The highest BCUT2D eigenvalue weighted by atomic mass is 35.5. The first kappa shape index (κ1) is 25.9. The molecule has 0 spiro atoms. The van der Waals surface area contributed by atoms with Crippen molar-refractivity contribution in [2.75, 3.05) is 33.3 Å². The number of ether oxygens (including phenoxy) is 1. The molecule has 1 saturated heterocycles. The molecule has 1 fully saturated rings. The van der Waals surface area contributed by atoms with Gasteiger partial charge in [-0.2, -0.15) is 0 Å². The molecule has 1 amide bonds. The number of aliphatic carboxylic acids is 1. The summed E-state index contributed by atoms with van der Waals surface area (Å²) in [4.78, 5) is 29.7. The lowest BCUT2D eigenvalue weighted by Gasteiger charge is -2.44. The molecule has 0 aliphatic carbocycles. The van der Waals surface area contributed by atoms with E-state index in [4.69, 9.17) is 21.4 Å². The number of nitrogens with zero attached hydrogens (tertiary/aromatic N) is 3. The largest absolute Gasteiger partial charge is 0.483 e.